The lowest BCUT2D eigenvalue weighted by Gasteiger charge is -2.03. The van der Waals surface area contributed by atoms with E-state index in [-0.39, 0.29) is 15.8 Å². The van der Waals surface area contributed by atoms with Crippen molar-refractivity contribution in [2.75, 3.05) is 14.2 Å². The van der Waals surface area contributed by atoms with Gasteiger partial charge >= 0.3 is 0 Å². The average Bonchev–Trinajstić information content (AvgIpc) is 2.89. The lowest BCUT2D eigenvalue weighted by Crippen LogP contribution is -1.84. The fraction of sp³-hybridized carbons (Fsp3) is 0.172. The minimum atomic E-state index is 0. The van der Waals surface area contributed by atoms with E-state index in [1.54, 1.807) is 14.2 Å². The van der Waals surface area contributed by atoms with Crippen molar-refractivity contribution in [3.63, 3.8) is 0 Å². The van der Waals surface area contributed by atoms with Crippen LogP contribution in [0.1, 0.15) is 18.6 Å². The summed E-state index contributed by atoms with van der Waals surface area (Å²) in [5.41, 5.74) is 2.53. The first-order chi connectivity index (χ1) is 16.1. The second-order valence-corrected chi connectivity index (χ2v) is 9.03. The Hall–Kier alpha value is -2.28. The van der Waals surface area contributed by atoms with Gasteiger partial charge in [-0.1, -0.05) is 84.0 Å². The Morgan fingerprint density at radius 2 is 1.09 bits per heavy atom. The zero-order chi connectivity index (χ0) is 23.7. The molecule has 0 fully saturated rings. The van der Waals surface area contributed by atoms with Crippen LogP contribution in [0.5, 0.6) is 11.5 Å². The van der Waals surface area contributed by atoms with Gasteiger partial charge in [-0.25, -0.2) is 0 Å². The number of rotatable bonds is 6. The van der Waals surface area contributed by atoms with Crippen LogP contribution in [0.25, 0.3) is 0 Å². The molecule has 6 heteroatoms. The summed E-state index contributed by atoms with van der Waals surface area (Å²) in [5, 5.41) is 0. The molecule has 0 saturated carbocycles. The number of thiol groups is 1. The molecule has 0 aliphatic heterocycles. The Morgan fingerprint density at radius 1 is 0.657 bits per heavy atom. The largest absolute Gasteiger partial charge is 0.497 e. The van der Waals surface area contributed by atoms with Crippen molar-refractivity contribution in [3.8, 4) is 11.5 Å². The molecule has 3 radical (unpaired) electrons. The Kier molecular flexibility index (Phi) is 18.7. The number of hydrogen-bond acceptors (Lipinski definition) is 4. The topological polar surface area (TPSA) is 18.5 Å². The SMILES string of the molecule is Brc1ccccc1.C.COc1ccc(CS)cc1.COc1ccc(CSc2ccccc2)cc1.[B]. The second-order valence-electron chi connectivity index (χ2n) is 6.75. The molecule has 0 atom stereocenters. The van der Waals surface area contributed by atoms with Crippen molar-refractivity contribution in [2.24, 2.45) is 0 Å². The smallest absolute Gasteiger partial charge is 0.118 e. The third kappa shape index (κ3) is 14.0. The third-order valence-electron chi connectivity index (χ3n) is 4.38. The molecule has 4 rings (SSSR count). The number of halogens is 1. The molecule has 2 nitrogen and oxygen atoms in total. The Labute approximate surface area is 231 Å². The van der Waals surface area contributed by atoms with Gasteiger partial charge < -0.3 is 9.47 Å². The summed E-state index contributed by atoms with van der Waals surface area (Å²) in [5.74, 6) is 3.58. The van der Waals surface area contributed by atoms with E-state index in [4.69, 9.17) is 9.47 Å². The van der Waals surface area contributed by atoms with E-state index in [0.717, 1.165) is 27.5 Å². The van der Waals surface area contributed by atoms with Crippen LogP contribution in [0.15, 0.2) is 119 Å². The molecular formula is C29H33BBrO2S2. The van der Waals surface area contributed by atoms with Crippen molar-refractivity contribution in [1.29, 1.82) is 0 Å². The maximum atomic E-state index is 5.13. The maximum absolute atomic E-state index is 5.13. The number of ether oxygens (including phenoxy) is 2. The fourth-order valence-corrected chi connectivity index (χ4v) is 3.94. The van der Waals surface area contributed by atoms with E-state index in [0.29, 0.717) is 0 Å². The highest BCUT2D eigenvalue weighted by molar-refractivity contribution is 9.10. The summed E-state index contributed by atoms with van der Waals surface area (Å²) >= 11 is 9.29. The average molecular weight is 568 g/mol. The van der Waals surface area contributed by atoms with Crippen LogP contribution in [0.3, 0.4) is 0 Å². The third-order valence-corrected chi connectivity index (χ3v) is 6.36. The highest BCUT2D eigenvalue weighted by Crippen LogP contribution is 2.23. The van der Waals surface area contributed by atoms with Gasteiger partial charge in [-0.15, -0.1) is 11.8 Å². The van der Waals surface area contributed by atoms with E-state index in [2.05, 4.69) is 65.0 Å². The maximum Gasteiger partial charge on any atom is 0.118 e. The zero-order valence-electron chi connectivity index (χ0n) is 19.4. The van der Waals surface area contributed by atoms with Crippen LogP contribution in [0.4, 0.5) is 0 Å². The van der Waals surface area contributed by atoms with Crippen LogP contribution < -0.4 is 9.47 Å². The van der Waals surface area contributed by atoms with Gasteiger partial charge in [0.1, 0.15) is 11.5 Å². The molecule has 0 amide bonds. The van der Waals surface area contributed by atoms with Gasteiger partial charge in [0.25, 0.3) is 0 Å². The predicted octanol–water partition coefficient (Wildman–Crippen LogP) is 8.82. The van der Waals surface area contributed by atoms with Crippen LogP contribution in [-0.2, 0) is 11.5 Å². The number of methoxy groups -OCH3 is 2. The number of benzene rings is 4. The molecule has 0 saturated heterocycles. The monoisotopic (exact) mass is 567 g/mol. The van der Waals surface area contributed by atoms with Crippen molar-refractivity contribution in [3.05, 3.63) is 125 Å². The Bertz CT molecular complexity index is 993. The molecule has 4 aromatic carbocycles. The highest BCUT2D eigenvalue weighted by Gasteiger charge is 1.96. The molecule has 0 bridgehead atoms. The van der Waals surface area contributed by atoms with Gasteiger partial charge in [-0.2, -0.15) is 12.6 Å². The summed E-state index contributed by atoms with van der Waals surface area (Å²) < 4.78 is 11.2. The van der Waals surface area contributed by atoms with E-state index >= 15 is 0 Å². The Morgan fingerprint density at radius 3 is 1.46 bits per heavy atom. The molecule has 0 aromatic heterocycles. The minimum Gasteiger partial charge on any atom is -0.497 e. The van der Waals surface area contributed by atoms with Gasteiger partial charge in [0, 0.05) is 29.3 Å². The van der Waals surface area contributed by atoms with Crippen molar-refractivity contribution >= 4 is 48.7 Å². The number of thioether (sulfide) groups is 1. The molecule has 4 aromatic rings. The first-order valence-corrected chi connectivity index (χ1v) is 12.8. The van der Waals surface area contributed by atoms with Crippen molar-refractivity contribution in [1.82, 2.24) is 0 Å². The number of hydrogen-bond donors (Lipinski definition) is 1. The van der Waals surface area contributed by atoms with Crippen molar-refractivity contribution in [2.45, 2.75) is 23.8 Å². The fourth-order valence-electron chi connectivity index (χ4n) is 2.55. The van der Waals surface area contributed by atoms with Crippen molar-refractivity contribution < 1.29 is 9.47 Å². The normalized spacial score (nSPS) is 9.03. The van der Waals surface area contributed by atoms with Gasteiger partial charge in [0.05, 0.1) is 14.2 Å². The standard InChI is InChI=1S/C14H14OS.C8H10OS.C6H5Br.CH4.B/c1-15-13-9-7-12(8-10-13)11-16-14-5-3-2-4-6-14;1-9-8-4-2-7(6-10)3-5-8;7-6-4-2-1-3-5-6;;/h2-10H,11H2,1H3;2-5,10H,6H2,1H3;1-5H;1H4;. The first kappa shape index (κ1) is 32.7. The molecule has 183 valence electrons. The van der Waals surface area contributed by atoms with Crippen LogP contribution in [0.2, 0.25) is 0 Å². The molecule has 35 heavy (non-hydrogen) atoms. The second kappa shape index (κ2) is 20.0. The summed E-state index contributed by atoms with van der Waals surface area (Å²) in [7, 11) is 3.35. The minimum absolute atomic E-state index is 0. The molecule has 0 N–H and O–H groups in total. The predicted molar refractivity (Wildman–Crippen MR) is 161 cm³/mol. The van der Waals surface area contributed by atoms with Gasteiger partial charge in [0.15, 0.2) is 0 Å². The summed E-state index contributed by atoms with van der Waals surface area (Å²) in [6.45, 7) is 0. The van der Waals surface area contributed by atoms with Crippen LogP contribution >= 0.6 is 40.3 Å². The van der Waals surface area contributed by atoms with Gasteiger partial charge in [0.2, 0.25) is 0 Å². The lowest BCUT2D eigenvalue weighted by molar-refractivity contribution is 0.414. The molecule has 0 unspecified atom stereocenters. The molecule has 0 aliphatic rings. The van der Waals surface area contributed by atoms with E-state index in [1.807, 2.05) is 84.6 Å². The molecular weight excluding hydrogens is 535 g/mol. The molecule has 0 aliphatic carbocycles. The summed E-state index contributed by atoms with van der Waals surface area (Å²) in [4.78, 5) is 1.30. The summed E-state index contributed by atoms with van der Waals surface area (Å²) in [6.07, 6.45) is 0. The quantitative estimate of drug-likeness (QED) is 0.143. The Balaban J connectivity index is 0.000000525. The van der Waals surface area contributed by atoms with E-state index in [9.17, 15) is 0 Å². The highest BCUT2D eigenvalue weighted by atomic mass is 79.9. The lowest BCUT2D eigenvalue weighted by atomic mass is 10.2. The van der Waals surface area contributed by atoms with Gasteiger partial charge in [-0.05, 0) is 59.7 Å². The first-order valence-electron chi connectivity index (χ1n) is 10.4. The van der Waals surface area contributed by atoms with Crippen LogP contribution in [0, 0.1) is 0 Å². The zero-order valence-corrected chi connectivity index (χ0v) is 22.7. The van der Waals surface area contributed by atoms with Gasteiger partial charge in [-0.3, -0.25) is 0 Å². The molecule has 0 heterocycles. The van der Waals surface area contributed by atoms with Crippen LogP contribution in [-0.4, -0.2) is 22.6 Å². The van der Waals surface area contributed by atoms with E-state index < -0.39 is 0 Å². The molecule has 0 spiro atoms. The summed E-state index contributed by atoms with van der Waals surface area (Å²) in [6, 6.07) is 36.5. The van der Waals surface area contributed by atoms with E-state index in [1.165, 1.54) is 16.0 Å².